The van der Waals surface area contributed by atoms with Crippen LogP contribution in [0.1, 0.15) is 96.3 Å². The van der Waals surface area contributed by atoms with Gasteiger partial charge in [-0.1, -0.05) is 6.42 Å². The molecule has 0 saturated carbocycles. The van der Waals surface area contributed by atoms with Crippen molar-refractivity contribution in [3.05, 3.63) is 0 Å². The van der Waals surface area contributed by atoms with Gasteiger partial charge in [-0.25, -0.2) is 4.79 Å². The topological polar surface area (TPSA) is 310 Å². The number of hydrogen-bond donors (Lipinski definition) is 11. The van der Waals surface area contributed by atoms with Gasteiger partial charge in [-0.15, -0.1) is 0 Å². The number of unbranched alkanes of at least 4 members (excludes halogenated alkanes) is 5. The van der Waals surface area contributed by atoms with Crippen LogP contribution in [0.2, 0.25) is 0 Å². The second-order valence-corrected chi connectivity index (χ2v) is 11.6. The standard InChI is InChI=1S/C30H62N10O6/c31-16-6-1-11-21(36)26(41)37-22(12-2-7-17-32)27(42)38-23(13-3-8-18-33)28(43)39-24(14-4-9-19-34)29(44)40-25(30(45)46)15-5-10-20-35/h21-25H,1-20,31-36H2,(H,37,41)(H,38,42)(H,39,43)(H,40,44)(H,45,46)/t21-,22+,23+,24-,25-/m0/s1. The van der Waals surface area contributed by atoms with Crippen molar-refractivity contribution in [3.63, 3.8) is 0 Å². The molecule has 16 heteroatoms. The van der Waals surface area contributed by atoms with Crippen LogP contribution in [0.15, 0.2) is 0 Å². The zero-order valence-electron chi connectivity index (χ0n) is 27.5. The van der Waals surface area contributed by atoms with Crippen LogP contribution >= 0.6 is 0 Å². The third-order valence-electron chi connectivity index (χ3n) is 7.61. The maximum absolute atomic E-state index is 13.6. The summed E-state index contributed by atoms with van der Waals surface area (Å²) < 4.78 is 0. The molecule has 46 heavy (non-hydrogen) atoms. The largest absolute Gasteiger partial charge is 0.480 e. The summed E-state index contributed by atoms with van der Waals surface area (Å²) in [5.74, 6) is -3.49. The number of hydrogen-bond acceptors (Lipinski definition) is 11. The second-order valence-electron chi connectivity index (χ2n) is 11.6. The van der Waals surface area contributed by atoms with E-state index in [1.54, 1.807) is 0 Å². The highest BCUT2D eigenvalue weighted by atomic mass is 16.4. The van der Waals surface area contributed by atoms with Crippen molar-refractivity contribution >= 4 is 29.6 Å². The average molecular weight is 659 g/mol. The molecule has 17 N–H and O–H groups in total. The van der Waals surface area contributed by atoms with Crippen molar-refractivity contribution in [1.29, 1.82) is 0 Å². The number of nitrogens with one attached hydrogen (secondary N) is 4. The van der Waals surface area contributed by atoms with Crippen LogP contribution in [-0.4, -0.2) is 97.6 Å². The number of carbonyl (C=O) groups is 5. The Morgan fingerprint density at radius 2 is 0.674 bits per heavy atom. The van der Waals surface area contributed by atoms with Gasteiger partial charge >= 0.3 is 5.97 Å². The highest BCUT2D eigenvalue weighted by Gasteiger charge is 2.31. The molecule has 0 aliphatic carbocycles. The summed E-state index contributed by atoms with van der Waals surface area (Å²) in [6.07, 6.45) is 7.21. The molecule has 0 radical (unpaired) electrons. The van der Waals surface area contributed by atoms with Crippen LogP contribution in [0.5, 0.6) is 0 Å². The van der Waals surface area contributed by atoms with Gasteiger partial charge in [0.05, 0.1) is 6.04 Å². The second kappa shape index (κ2) is 27.2. The Bertz CT molecular complexity index is 881. The van der Waals surface area contributed by atoms with Crippen LogP contribution in [0, 0.1) is 0 Å². The molecular formula is C30H62N10O6. The summed E-state index contributed by atoms with van der Waals surface area (Å²) in [6.45, 7) is 2.05. The van der Waals surface area contributed by atoms with E-state index in [0.29, 0.717) is 96.9 Å². The van der Waals surface area contributed by atoms with Gasteiger partial charge in [0.15, 0.2) is 0 Å². The predicted molar refractivity (Wildman–Crippen MR) is 178 cm³/mol. The van der Waals surface area contributed by atoms with Crippen LogP contribution in [-0.2, 0) is 24.0 Å². The number of carbonyl (C=O) groups excluding carboxylic acids is 4. The van der Waals surface area contributed by atoms with E-state index >= 15 is 0 Å². The molecule has 0 fully saturated rings. The van der Waals surface area contributed by atoms with E-state index in [1.165, 1.54) is 0 Å². The van der Waals surface area contributed by atoms with Gasteiger partial charge in [-0.05, 0) is 123 Å². The van der Waals surface area contributed by atoms with Gasteiger partial charge in [-0.3, -0.25) is 19.2 Å². The molecule has 0 saturated heterocycles. The van der Waals surface area contributed by atoms with Crippen LogP contribution in [0.3, 0.4) is 0 Å². The fourth-order valence-electron chi connectivity index (χ4n) is 4.77. The fourth-order valence-corrected chi connectivity index (χ4v) is 4.77. The molecule has 0 heterocycles. The third kappa shape index (κ3) is 19.6. The number of rotatable bonds is 29. The number of amides is 4. The van der Waals surface area contributed by atoms with Gasteiger partial charge in [0.25, 0.3) is 0 Å². The first-order chi connectivity index (χ1) is 22.1. The smallest absolute Gasteiger partial charge is 0.326 e. The molecule has 0 aliphatic heterocycles. The zero-order chi connectivity index (χ0) is 34.7. The molecule has 0 bridgehead atoms. The molecule has 268 valence electrons. The van der Waals surface area contributed by atoms with Gasteiger partial charge in [0.1, 0.15) is 24.2 Å². The normalized spacial score (nSPS) is 14.4. The molecule has 16 nitrogen and oxygen atoms in total. The van der Waals surface area contributed by atoms with E-state index in [2.05, 4.69) is 21.3 Å². The predicted octanol–water partition coefficient (Wildman–Crippen LogP) is -2.02. The van der Waals surface area contributed by atoms with Gasteiger partial charge in [0, 0.05) is 0 Å². The number of aliphatic carboxylic acids is 1. The monoisotopic (exact) mass is 658 g/mol. The summed E-state index contributed by atoms with van der Waals surface area (Å²) >= 11 is 0. The van der Waals surface area contributed by atoms with Crippen molar-refractivity contribution in [3.8, 4) is 0 Å². The van der Waals surface area contributed by atoms with Crippen molar-refractivity contribution in [2.45, 2.75) is 127 Å². The van der Waals surface area contributed by atoms with Crippen LogP contribution < -0.4 is 55.7 Å². The van der Waals surface area contributed by atoms with E-state index in [9.17, 15) is 29.1 Å². The molecule has 0 aromatic heterocycles. The van der Waals surface area contributed by atoms with E-state index in [0.717, 1.165) is 6.42 Å². The summed E-state index contributed by atoms with van der Waals surface area (Å²) in [5.41, 5.74) is 34.0. The Balaban J connectivity index is 5.87. The fraction of sp³-hybridized carbons (Fsp3) is 0.833. The molecule has 0 spiro atoms. The first-order valence-electron chi connectivity index (χ1n) is 16.8. The lowest BCUT2D eigenvalue weighted by molar-refractivity contribution is -0.142. The number of carboxylic acid groups (broad SMARTS) is 1. The van der Waals surface area contributed by atoms with E-state index < -0.39 is 59.8 Å². The Morgan fingerprint density at radius 1 is 0.413 bits per heavy atom. The highest BCUT2D eigenvalue weighted by molar-refractivity contribution is 5.95. The van der Waals surface area contributed by atoms with Gasteiger partial charge in [0.2, 0.25) is 23.6 Å². The molecule has 0 aromatic rings. The van der Waals surface area contributed by atoms with Crippen molar-refractivity contribution in [1.82, 2.24) is 21.3 Å². The molecule has 0 unspecified atom stereocenters. The minimum absolute atomic E-state index is 0.188. The highest BCUT2D eigenvalue weighted by Crippen LogP contribution is 2.09. The first-order valence-corrected chi connectivity index (χ1v) is 16.8. The molecule has 4 amide bonds. The summed E-state index contributed by atoms with van der Waals surface area (Å²) in [6, 6.07) is -5.03. The molecule has 5 atom stereocenters. The van der Waals surface area contributed by atoms with Gasteiger partial charge < -0.3 is 60.8 Å². The zero-order valence-corrected chi connectivity index (χ0v) is 27.5. The van der Waals surface area contributed by atoms with E-state index in [4.69, 9.17) is 34.4 Å². The maximum atomic E-state index is 13.6. The Hall–Kier alpha value is -2.89. The molecule has 0 rings (SSSR count). The van der Waals surface area contributed by atoms with Crippen molar-refractivity contribution < 1.29 is 29.1 Å². The lowest BCUT2D eigenvalue weighted by Crippen LogP contribution is -2.58. The van der Waals surface area contributed by atoms with Crippen molar-refractivity contribution in [2.75, 3.05) is 32.7 Å². The lowest BCUT2D eigenvalue weighted by Gasteiger charge is -2.26. The third-order valence-corrected chi connectivity index (χ3v) is 7.61. The average Bonchev–Trinajstić information content (AvgIpc) is 3.02. The number of carboxylic acids is 1. The Morgan fingerprint density at radius 3 is 0.978 bits per heavy atom. The summed E-state index contributed by atoms with van der Waals surface area (Å²) in [5, 5.41) is 20.3. The number of nitrogens with two attached hydrogens (primary N) is 6. The molecular weight excluding hydrogens is 596 g/mol. The summed E-state index contributed by atoms with van der Waals surface area (Å²) in [7, 11) is 0. The van der Waals surface area contributed by atoms with Crippen LogP contribution in [0.25, 0.3) is 0 Å². The molecule has 0 aliphatic rings. The molecule has 0 aromatic carbocycles. The lowest BCUT2D eigenvalue weighted by atomic mass is 10.0. The SMILES string of the molecule is NCCCC[C@H](NC(=O)[C@H](CCCCN)NC(=O)[C@@H](CCCCN)NC(=O)[C@@H](CCCCN)NC(=O)[C@@H](N)CCCCN)C(=O)O. The van der Waals surface area contributed by atoms with Crippen molar-refractivity contribution in [2.24, 2.45) is 34.4 Å². The van der Waals surface area contributed by atoms with Gasteiger partial charge in [-0.2, -0.15) is 0 Å². The maximum Gasteiger partial charge on any atom is 0.326 e. The quantitative estimate of drug-likeness (QED) is 0.0388. The first kappa shape index (κ1) is 43.1. The Labute approximate surface area is 273 Å². The van der Waals surface area contributed by atoms with Crippen LogP contribution in [0.4, 0.5) is 0 Å². The van der Waals surface area contributed by atoms with E-state index in [-0.39, 0.29) is 25.7 Å². The minimum atomic E-state index is -1.19. The van der Waals surface area contributed by atoms with E-state index in [1.807, 2.05) is 0 Å². The minimum Gasteiger partial charge on any atom is -0.480 e. The summed E-state index contributed by atoms with van der Waals surface area (Å²) in [4.78, 5) is 64.9. The Kier molecular flexibility index (Phi) is 25.5.